The number of aromatic nitrogens is 1. The minimum absolute atomic E-state index is 0.0550. The Morgan fingerprint density at radius 3 is 3.00 bits per heavy atom. The topological polar surface area (TPSA) is 91.6 Å². The van der Waals surface area contributed by atoms with Crippen LogP contribution in [0.25, 0.3) is 0 Å². The highest BCUT2D eigenvalue weighted by atomic mass is 16.6. The summed E-state index contributed by atoms with van der Waals surface area (Å²) in [6, 6.07) is 2.85. The number of esters is 1. The minimum atomic E-state index is -0.680. The largest absolute Gasteiger partial charge is 0.474 e. The van der Waals surface area contributed by atoms with Crippen LogP contribution in [0.5, 0.6) is 5.75 Å². The second-order valence-corrected chi connectivity index (χ2v) is 2.68. The molecular formula is C9H10N2O5. The van der Waals surface area contributed by atoms with Crippen LogP contribution in [0.2, 0.25) is 0 Å². The quantitative estimate of drug-likeness (QED) is 0.421. The predicted molar refractivity (Wildman–Crippen MR) is 53.0 cm³/mol. The third kappa shape index (κ3) is 3.19. The first-order valence-corrected chi connectivity index (χ1v) is 4.53. The number of nitro groups is 1. The Bertz CT molecular complexity index is 393. The zero-order valence-corrected chi connectivity index (χ0v) is 8.58. The number of carbonyl (C=O) groups is 1. The van der Waals surface area contributed by atoms with Gasteiger partial charge in [-0.25, -0.2) is 4.79 Å². The number of carbonyl (C=O) groups excluding carboxylic acids is 1. The molecule has 0 aliphatic heterocycles. The van der Waals surface area contributed by atoms with Gasteiger partial charge in [0.05, 0.1) is 6.61 Å². The van der Waals surface area contributed by atoms with Gasteiger partial charge in [-0.05, 0) is 29.0 Å². The zero-order valence-electron chi connectivity index (χ0n) is 8.58. The number of rotatable bonds is 5. The number of hydrogen-bond acceptors (Lipinski definition) is 6. The minimum Gasteiger partial charge on any atom is -0.474 e. The van der Waals surface area contributed by atoms with Crippen LogP contribution in [-0.4, -0.2) is 29.1 Å². The first-order chi connectivity index (χ1) is 7.65. The van der Waals surface area contributed by atoms with Crippen LogP contribution >= 0.6 is 0 Å². The van der Waals surface area contributed by atoms with Crippen LogP contribution in [0.4, 0.5) is 5.82 Å². The molecule has 0 saturated heterocycles. The molecule has 0 radical (unpaired) electrons. The molecule has 0 N–H and O–H groups in total. The Morgan fingerprint density at radius 2 is 2.38 bits per heavy atom. The molecule has 0 saturated carbocycles. The number of hydrogen-bond donors (Lipinski definition) is 0. The predicted octanol–water partition coefficient (Wildman–Crippen LogP) is 0.932. The summed E-state index contributed by atoms with van der Waals surface area (Å²) in [7, 11) is 0. The van der Waals surface area contributed by atoms with E-state index in [0.29, 0.717) is 0 Å². The molecule has 16 heavy (non-hydrogen) atoms. The maximum Gasteiger partial charge on any atom is 0.406 e. The maximum atomic E-state index is 11.0. The second kappa shape index (κ2) is 5.64. The fraction of sp³-hybridized carbons (Fsp3) is 0.333. The lowest BCUT2D eigenvalue weighted by Crippen LogP contribution is -2.15. The molecular weight excluding hydrogens is 216 g/mol. The Morgan fingerprint density at radius 1 is 1.62 bits per heavy atom. The van der Waals surface area contributed by atoms with Crippen molar-refractivity contribution < 1.29 is 19.2 Å². The van der Waals surface area contributed by atoms with Crippen LogP contribution in [0.1, 0.15) is 6.92 Å². The van der Waals surface area contributed by atoms with Crippen molar-refractivity contribution >= 4 is 11.8 Å². The lowest BCUT2D eigenvalue weighted by atomic mass is 10.4. The molecule has 0 aromatic carbocycles. The van der Waals surface area contributed by atoms with Gasteiger partial charge in [-0.15, -0.1) is 0 Å². The SMILES string of the molecule is CCOC(=O)COc1cccnc1[N+](=O)[O-]. The second-order valence-electron chi connectivity index (χ2n) is 2.68. The van der Waals surface area contributed by atoms with Gasteiger partial charge in [0.15, 0.2) is 6.61 Å². The third-order valence-electron chi connectivity index (χ3n) is 1.57. The van der Waals surface area contributed by atoms with Crippen LogP contribution < -0.4 is 4.74 Å². The van der Waals surface area contributed by atoms with Crippen molar-refractivity contribution in [2.24, 2.45) is 0 Å². The average Bonchev–Trinajstić information content (AvgIpc) is 2.27. The summed E-state index contributed by atoms with van der Waals surface area (Å²) in [6.45, 7) is 1.52. The van der Waals surface area contributed by atoms with Gasteiger partial charge in [0.1, 0.15) is 6.20 Å². The van der Waals surface area contributed by atoms with Crippen molar-refractivity contribution in [3.63, 3.8) is 0 Å². The maximum absolute atomic E-state index is 11.0. The molecule has 0 atom stereocenters. The zero-order chi connectivity index (χ0) is 12.0. The molecule has 1 heterocycles. The molecule has 1 rings (SSSR count). The first-order valence-electron chi connectivity index (χ1n) is 4.53. The van der Waals surface area contributed by atoms with Gasteiger partial charge in [0, 0.05) is 0 Å². The van der Waals surface area contributed by atoms with Crippen molar-refractivity contribution in [2.75, 3.05) is 13.2 Å². The lowest BCUT2D eigenvalue weighted by Gasteiger charge is -2.05. The van der Waals surface area contributed by atoms with Crippen LogP contribution in [0, 0.1) is 10.1 Å². The Balaban J connectivity index is 2.66. The van der Waals surface area contributed by atoms with Gasteiger partial charge in [-0.2, -0.15) is 0 Å². The smallest absolute Gasteiger partial charge is 0.406 e. The molecule has 0 aliphatic rings. The van der Waals surface area contributed by atoms with E-state index < -0.39 is 16.7 Å². The normalized spacial score (nSPS) is 9.56. The summed E-state index contributed by atoms with van der Waals surface area (Å²) >= 11 is 0. The summed E-state index contributed by atoms with van der Waals surface area (Å²) in [5.74, 6) is -1.06. The Labute approximate surface area is 91.2 Å². The highest BCUT2D eigenvalue weighted by Gasteiger charge is 2.16. The van der Waals surface area contributed by atoms with Gasteiger partial charge in [-0.3, -0.25) is 0 Å². The van der Waals surface area contributed by atoms with E-state index in [1.807, 2.05) is 0 Å². The van der Waals surface area contributed by atoms with Crippen LogP contribution in [-0.2, 0) is 9.53 Å². The summed E-state index contributed by atoms with van der Waals surface area (Å²) < 4.78 is 9.54. The molecule has 0 spiro atoms. The van der Waals surface area contributed by atoms with Crippen molar-refractivity contribution in [2.45, 2.75) is 6.92 Å². The van der Waals surface area contributed by atoms with Gasteiger partial charge >= 0.3 is 11.8 Å². The fourth-order valence-electron chi connectivity index (χ4n) is 0.971. The molecule has 7 nitrogen and oxygen atoms in total. The van der Waals surface area contributed by atoms with Crippen LogP contribution in [0.15, 0.2) is 18.3 Å². The van der Waals surface area contributed by atoms with Gasteiger partial charge < -0.3 is 19.6 Å². The summed E-state index contributed by atoms with van der Waals surface area (Å²) in [6.07, 6.45) is 1.27. The standard InChI is InChI=1S/C9H10N2O5/c1-2-15-8(12)6-16-7-4-3-5-10-9(7)11(13)14/h3-5H,2,6H2,1H3. The van der Waals surface area contributed by atoms with Gasteiger partial charge in [0.2, 0.25) is 5.75 Å². The highest BCUT2D eigenvalue weighted by molar-refractivity contribution is 5.71. The fourth-order valence-corrected chi connectivity index (χ4v) is 0.971. The number of nitrogens with zero attached hydrogens (tertiary/aromatic N) is 2. The molecule has 0 bridgehead atoms. The number of pyridine rings is 1. The molecule has 86 valence electrons. The summed E-state index contributed by atoms with van der Waals surface area (Å²) in [5.41, 5.74) is 0. The summed E-state index contributed by atoms with van der Waals surface area (Å²) in [5, 5.41) is 10.5. The van der Waals surface area contributed by atoms with Crippen molar-refractivity contribution in [3.05, 3.63) is 28.4 Å². The van der Waals surface area contributed by atoms with Gasteiger partial charge in [0.25, 0.3) is 0 Å². The molecule has 0 amide bonds. The van der Waals surface area contributed by atoms with E-state index in [4.69, 9.17) is 4.74 Å². The van der Waals surface area contributed by atoms with Crippen molar-refractivity contribution in [3.8, 4) is 5.75 Å². The number of ether oxygens (including phenoxy) is 2. The first kappa shape index (κ1) is 11.9. The van der Waals surface area contributed by atoms with Crippen LogP contribution in [0.3, 0.4) is 0 Å². The Kier molecular flexibility index (Phi) is 4.19. The third-order valence-corrected chi connectivity index (χ3v) is 1.57. The molecule has 0 fully saturated rings. The molecule has 1 aromatic heterocycles. The van der Waals surface area contributed by atoms with Crippen molar-refractivity contribution in [1.29, 1.82) is 0 Å². The molecule has 0 unspecified atom stereocenters. The van der Waals surface area contributed by atoms with E-state index in [9.17, 15) is 14.9 Å². The average molecular weight is 226 g/mol. The lowest BCUT2D eigenvalue weighted by molar-refractivity contribution is -0.390. The highest BCUT2D eigenvalue weighted by Crippen LogP contribution is 2.22. The van der Waals surface area contributed by atoms with E-state index in [1.165, 1.54) is 18.3 Å². The Hall–Kier alpha value is -2.18. The van der Waals surface area contributed by atoms with Crippen molar-refractivity contribution in [1.82, 2.24) is 4.98 Å². The van der Waals surface area contributed by atoms with E-state index in [1.54, 1.807) is 6.92 Å². The molecule has 1 aromatic rings. The molecule has 0 aliphatic carbocycles. The molecule has 7 heteroatoms. The van der Waals surface area contributed by atoms with E-state index in [0.717, 1.165) is 0 Å². The summed E-state index contributed by atoms with van der Waals surface area (Å²) in [4.78, 5) is 24.3. The van der Waals surface area contributed by atoms with E-state index >= 15 is 0 Å². The monoisotopic (exact) mass is 226 g/mol. The van der Waals surface area contributed by atoms with Gasteiger partial charge in [-0.1, -0.05) is 0 Å². The van der Waals surface area contributed by atoms with E-state index in [-0.39, 0.29) is 19.0 Å². The van der Waals surface area contributed by atoms with E-state index in [2.05, 4.69) is 9.72 Å².